The number of ether oxygens (including phenoxy) is 1. The number of esters is 1. The summed E-state index contributed by atoms with van der Waals surface area (Å²) in [5.74, 6) is 0.481. The third-order valence-electron chi connectivity index (χ3n) is 5.86. The minimum Gasteiger partial charge on any atom is -0.459 e. The molecule has 4 heterocycles. The number of aromatic nitrogens is 4. The number of hydrogen-bond donors (Lipinski definition) is 1. The molecule has 1 atom stereocenters. The number of rotatable bonds is 5. The molecule has 0 amide bonds. The number of carbonyl (C=O) groups is 1. The van der Waals surface area contributed by atoms with E-state index in [1.165, 1.54) is 0 Å². The third-order valence-corrected chi connectivity index (χ3v) is 5.86. The van der Waals surface area contributed by atoms with Crippen LogP contribution in [0.25, 0.3) is 16.9 Å². The standard InChI is InChI=1S/C22H30N6O2/c1-14(2)30-22(29)18-12-19-17(21-24-13-25-26(21)5)6-9-28(19)20(15(18)3)16(4)27-10-7-23-8-11-27/h6,9,12-14,16,23H,7-8,10-11H2,1-5H3. The monoisotopic (exact) mass is 410 g/mol. The van der Waals surface area contributed by atoms with Crippen molar-refractivity contribution in [3.05, 3.63) is 41.5 Å². The highest BCUT2D eigenvalue weighted by molar-refractivity contribution is 5.94. The predicted octanol–water partition coefficient (Wildman–Crippen LogP) is 2.57. The highest BCUT2D eigenvalue weighted by Crippen LogP contribution is 2.33. The van der Waals surface area contributed by atoms with Crippen LogP contribution >= 0.6 is 0 Å². The number of hydrogen-bond acceptors (Lipinski definition) is 6. The first-order valence-electron chi connectivity index (χ1n) is 10.5. The van der Waals surface area contributed by atoms with Gasteiger partial charge in [-0.2, -0.15) is 5.10 Å². The molecule has 3 aromatic rings. The topological polar surface area (TPSA) is 76.7 Å². The van der Waals surface area contributed by atoms with Crippen molar-refractivity contribution >= 4 is 11.5 Å². The predicted molar refractivity (Wildman–Crippen MR) is 116 cm³/mol. The first-order chi connectivity index (χ1) is 14.4. The second kappa shape index (κ2) is 8.20. The molecule has 0 spiro atoms. The van der Waals surface area contributed by atoms with E-state index in [2.05, 4.69) is 37.8 Å². The molecule has 1 fully saturated rings. The molecule has 4 rings (SSSR count). The van der Waals surface area contributed by atoms with E-state index >= 15 is 0 Å². The lowest BCUT2D eigenvalue weighted by Gasteiger charge is -2.34. The second-order valence-corrected chi connectivity index (χ2v) is 8.18. The highest BCUT2D eigenvalue weighted by Gasteiger charge is 2.27. The first-order valence-corrected chi connectivity index (χ1v) is 10.5. The molecule has 1 saturated heterocycles. The van der Waals surface area contributed by atoms with Gasteiger partial charge in [-0.05, 0) is 45.4 Å². The molecule has 30 heavy (non-hydrogen) atoms. The summed E-state index contributed by atoms with van der Waals surface area (Å²) in [6.07, 6.45) is 3.44. The van der Waals surface area contributed by atoms with Gasteiger partial charge in [0.25, 0.3) is 0 Å². The van der Waals surface area contributed by atoms with Crippen LogP contribution in [0.2, 0.25) is 0 Å². The van der Waals surface area contributed by atoms with E-state index in [0.29, 0.717) is 5.56 Å². The summed E-state index contributed by atoms with van der Waals surface area (Å²) in [6.45, 7) is 11.9. The van der Waals surface area contributed by atoms with Crippen molar-refractivity contribution in [2.45, 2.75) is 39.8 Å². The lowest BCUT2D eigenvalue weighted by Crippen LogP contribution is -2.45. The van der Waals surface area contributed by atoms with Gasteiger partial charge >= 0.3 is 5.97 Å². The maximum absolute atomic E-state index is 13.0. The van der Waals surface area contributed by atoms with Gasteiger partial charge in [-0.3, -0.25) is 4.90 Å². The number of piperazine rings is 1. The van der Waals surface area contributed by atoms with Crippen molar-refractivity contribution in [2.75, 3.05) is 26.2 Å². The Hall–Kier alpha value is -2.71. The normalized spacial score (nSPS) is 16.3. The Morgan fingerprint density at radius 2 is 1.97 bits per heavy atom. The molecule has 0 bridgehead atoms. The zero-order valence-electron chi connectivity index (χ0n) is 18.3. The van der Waals surface area contributed by atoms with Crippen molar-refractivity contribution in [2.24, 2.45) is 7.05 Å². The van der Waals surface area contributed by atoms with Crippen molar-refractivity contribution in [3.8, 4) is 11.4 Å². The lowest BCUT2D eigenvalue weighted by atomic mass is 10.0. The minimum atomic E-state index is -0.288. The largest absolute Gasteiger partial charge is 0.459 e. The van der Waals surface area contributed by atoms with E-state index in [0.717, 1.165) is 54.3 Å². The summed E-state index contributed by atoms with van der Waals surface area (Å²) >= 11 is 0. The summed E-state index contributed by atoms with van der Waals surface area (Å²) in [5, 5.41) is 7.63. The summed E-state index contributed by atoms with van der Waals surface area (Å²) in [6, 6.07) is 4.13. The quantitative estimate of drug-likeness (QED) is 0.652. The van der Waals surface area contributed by atoms with Gasteiger partial charge in [0, 0.05) is 56.7 Å². The van der Waals surface area contributed by atoms with E-state index in [1.807, 2.05) is 40.0 Å². The SMILES string of the molecule is Cc1c(C(=O)OC(C)C)cc2c(-c3ncnn3C)ccn2c1C(C)N1CCNCC1. The smallest absolute Gasteiger partial charge is 0.338 e. The Balaban J connectivity index is 1.91. The van der Waals surface area contributed by atoms with Crippen LogP contribution in [0.3, 0.4) is 0 Å². The average Bonchev–Trinajstić information content (AvgIpc) is 3.32. The molecule has 1 aliphatic rings. The first kappa shape index (κ1) is 20.6. The van der Waals surface area contributed by atoms with Crippen LogP contribution in [-0.4, -0.2) is 62.3 Å². The third kappa shape index (κ3) is 3.61. The van der Waals surface area contributed by atoms with Crippen molar-refractivity contribution in [1.82, 2.24) is 29.4 Å². The number of nitrogens with one attached hydrogen (secondary N) is 1. The van der Waals surface area contributed by atoms with Gasteiger partial charge in [-0.25, -0.2) is 14.5 Å². The number of carbonyl (C=O) groups excluding carboxylic acids is 1. The molecule has 8 nitrogen and oxygen atoms in total. The minimum absolute atomic E-state index is 0.154. The second-order valence-electron chi connectivity index (χ2n) is 8.18. The Morgan fingerprint density at radius 3 is 2.60 bits per heavy atom. The molecular formula is C22H30N6O2. The van der Waals surface area contributed by atoms with Crippen molar-refractivity contribution < 1.29 is 9.53 Å². The van der Waals surface area contributed by atoms with Crippen LogP contribution in [-0.2, 0) is 11.8 Å². The Kier molecular flexibility index (Phi) is 5.62. The number of pyridine rings is 1. The van der Waals surface area contributed by atoms with Crippen LogP contribution in [0.1, 0.15) is 48.4 Å². The molecule has 8 heteroatoms. The van der Waals surface area contributed by atoms with Crippen molar-refractivity contribution in [3.63, 3.8) is 0 Å². The lowest BCUT2D eigenvalue weighted by molar-refractivity contribution is 0.0376. The Bertz CT molecular complexity index is 1060. The molecule has 0 aliphatic carbocycles. The highest BCUT2D eigenvalue weighted by atomic mass is 16.5. The van der Waals surface area contributed by atoms with E-state index in [-0.39, 0.29) is 18.1 Å². The summed E-state index contributed by atoms with van der Waals surface area (Å²) < 4.78 is 9.52. The summed E-state index contributed by atoms with van der Waals surface area (Å²) in [5.41, 5.74) is 4.56. The van der Waals surface area contributed by atoms with Crippen molar-refractivity contribution in [1.29, 1.82) is 0 Å². The maximum Gasteiger partial charge on any atom is 0.338 e. The van der Waals surface area contributed by atoms with E-state index in [1.54, 1.807) is 11.0 Å². The summed E-state index contributed by atoms with van der Waals surface area (Å²) in [7, 11) is 1.87. The van der Waals surface area contributed by atoms with Crippen LogP contribution in [0.5, 0.6) is 0 Å². The molecule has 160 valence electrons. The molecule has 0 radical (unpaired) electrons. The molecule has 0 aromatic carbocycles. The fourth-order valence-electron chi connectivity index (χ4n) is 4.34. The van der Waals surface area contributed by atoms with Gasteiger partial charge in [-0.1, -0.05) is 0 Å². The molecule has 1 unspecified atom stereocenters. The van der Waals surface area contributed by atoms with E-state index < -0.39 is 0 Å². The average molecular weight is 411 g/mol. The Labute approximate surface area is 176 Å². The molecule has 0 saturated carbocycles. The zero-order valence-corrected chi connectivity index (χ0v) is 18.3. The maximum atomic E-state index is 13.0. The molecule has 1 N–H and O–H groups in total. The van der Waals surface area contributed by atoms with Gasteiger partial charge in [0.1, 0.15) is 6.33 Å². The van der Waals surface area contributed by atoms with E-state index in [4.69, 9.17) is 4.74 Å². The van der Waals surface area contributed by atoms with Crippen LogP contribution in [0.4, 0.5) is 0 Å². The van der Waals surface area contributed by atoms with Gasteiger partial charge in [0.05, 0.1) is 17.2 Å². The fourth-order valence-corrected chi connectivity index (χ4v) is 4.34. The molecule has 1 aliphatic heterocycles. The fraction of sp³-hybridized carbons (Fsp3) is 0.500. The Morgan fingerprint density at radius 1 is 1.23 bits per heavy atom. The number of fused-ring (bicyclic) bond motifs is 1. The summed E-state index contributed by atoms with van der Waals surface area (Å²) in [4.78, 5) is 19.8. The molecule has 3 aromatic heterocycles. The molecular weight excluding hydrogens is 380 g/mol. The van der Waals surface area contributed by atoms with Gasteiger partial charge in [0.15, 0.2) is 5.82 Å². The van der Waals surface area contributed by atoms with Gasteiger partial charge in [-0.15, -0.1) is 0 Å². The number of aryl methyl sites for hydroxylation is 1. The van der Waals surface area contributed by atoms with Crippen LogP contribution in [0, 0.1) is 6.92 Å². The van der Waals surface area contributed by atoms with E-state index in [9.17, 15) is 4.79 Å². The van der Waals surface area contributed by atoms with Gasteiger partial charge < -0.3 is 14.5 Å². The zero-order chi connectivity index (χ0) is 21.4. The number of nitrogens with zero attached hydrogens (tertiary/aromatic N) is 5. The van der Waals surface area contributed by atoms with Crippen LogP contribution in [0.15, 0.2) is 24.7 Å². The van der Waals surface area contributed by atoms with Gasteiger partial charge in [0.2, 0.25) is 0 Å². The van der Waals surface area contributed by atoms with Crippen LogP contribution < -0.4 is 5.32 Å².